The molecule has 0 aliphatic rings. The second kappa shape index (κ2) is 9.64. The molecule has 0 saturated heterocycles. The van der Waals surface area contributed by atoms with Gasteiger partial charge in [0.25, 0.3) is 0 Å². The third kappa shape index (κ3) is 5.56. The predicted molar refractivity (Wildman–Crippen MR) is 86.2 cm³/mol. The van der Waals surface area contributed by atoms with Gasteiger partial charge in [-0.2, -0.15) is 0 Å². The molecule has 0 aliphatic heterocycles. The van der Waals surface area contributed by atoms with Gasteiger partial charge in [-0.1, -0.05) is 13.8 Å². The van der Waals surface area contributed by atoms with Crippen LogP contribution in [0, 0.1) is 5.92 Å². The molecule has 1 aromatic rings. The Morgan fingerprint density at radius 1 is 1.05 bits per heavy atom. The fourth-order valence-corrected chi connectivity index (χ4v) is 2.43. The van der Waals surface area contributed by atoms with Crippen molar-refractivity contribution in [3.63, 3.8) is 0 Å². The fourth-order valence-electron chi connectivity index (χ4n) is 2.43. The van der Waals surface area contributed by atoms with Crippen molar-refractivity contribution >= 4 is 0 Å². The molecule has 1 aromatic carbocycles. The van der Waals surface area contributed by atoms with E-state index in [1.54, 1.807) is 21.3 Å². The first-order valence-corrected chi connectivity index (χ1v) is 7.61. The van der Waals surface area contributed by atoms with Gasteiger partial charge in [0.15, 0.2) is 0 Å². The fraction of sp³-hybridized carbons (Fsp3) is 0.647. The third-order valence-corrected chi connectivity index (χ3v) is 3.69. The highest BCUT2D eigenvalue weighted by Gasteiger charge is 2.20. The lowest BCUT2D eigenvalue weighted by Crippen LogP contribution is -2.28. The van der Waals surface area contributed by atoms with Gasteiger partial charge in [-0.15, -0.1) is 0 Å². The maximum Gasteiger partial charge on any atom is 0.122 e. The van der Waals surface area contributed by atoms with E-state index in [0.29, 0.717) is 5.92 Å². The lowest BCUT2D eigenvalue weighted by Gasteiger charge is -2.26. The average Bonchev–Trinajstić information content (AvgIpc) is 2.52. The van der Waals surface area contributed by atoms with E-state index in [2.05, 4.69) is 31.3 Å². The molecule has 2 atom stereocenters. The molecule has 4 heteroatoms. The normalized spacial score (nSPS) is 13.8. The highest BCUT2D eigenvalue weighted by atomic mass is 16.5. The zero-order valence-electron chi connectivity index (χ0n) is 13.9. The molecule has 0 aliphatic carbocycles. The Balaban J connectivity index is 2.99. The van der Waals surface area contributed by atoms with Crippen molar-refractivity contribution in [2.45, 2.75) is 32.7 Å². The van der Waals surface area contributed by atoms with Crippen molar-refractivity contribution in [2.75, 3.05) is 34.5 Å². The Bertz CT molecular complexity index is 387. The maximum absolute atomic E-state index is 5.38. The summed E-state index contributed by atoms with van der Waals surface area (Å²) in [5.74, 6) is 2.12. The molecule has 2 unspecified atom stereocenters. The quantitative estimate of drug-likeness (QED) is 0.718. The van der Waals surface area contributed by atoms with Gasteiger partial charge in [-0.05, 0) is 43.0 Å². The summed E-state index contributed by atoms with van der Waals surface area (Å²) in [4.78, 5) is 0. The van der Waals surface area contributed by atoms with Gasteiger partial charge < -0.3 is 19.5 Å². The van der Waals surface area contributed by atoms with E-state index in [-0.39, 0.29) is 6.04 Å². The van der Waals surface area contributed by atoms with Crippen molar-refractivity contribution in [3.8, 4) is 11.5 Å². The lowest BCUT2D eigenvalue weighted by atomic mass is 9.91. The first-order valence-electron chi connectivity index (χ1n) is 7.61. The summed E-state index contributed by atoms with van der Waals surface area (Å²) >= 11 is 0. The number of ether oxygens (including phenoxy) is 3. The molecule has 0 spiro atoms. The van der Waals surface area contributed by atoms with Crippen LogP contribution in [0.25, 0.3) is 0 Å². The molecule has 1 rings (SSSR count). The van der Waals surface area contributed by atoms with Gasteiger partial charge in [-0.3, -0.25) is 0 Å². The Morgan fingerprint density at radius 2 is 1.67 bits per heavy atom. The van der Waals surface area contributed by atoms with Crippen LogP contribution < -0.4 is 14.8 Å². The van der Waals surface area contributed by atoms with Crippen LogP contribution in [-0.2, 0) is 4.74 Å². The Kier molecular flexibility index (Phi) is 8.16. The minimum Gasteiger partial charge on any atom is -0.497 e. The second-order valence-corrected chi connectivity index (χ2v) is 5.34. The summed E-state index contributed by atoms with van der Waals surface area (Å²) < 4.78 is 16.0. The van der Waals surface area contributed by atoms with Gasteiger partial charge in [-0.25, -0.2) is 0 Å². The van der Waals surface area contributed by atoms with Crippen LogP contribution in [-0.4, -0.2) is 34.5 Å². The number of nitrogens with one attached hydrogen (secondary N) is 1. The largest absolute Gasteiger partial charge is 0.497 e. The van der Waals surface area contributed by atoms with Crippen LogP contribution in [0.15, 0.2) is 18.2 Å². The minimum absolute atomic E-state index is 0.268. The summed E-state index contributed by atoms with van der Waals surface area (Å²) in [5, 5.41) is 3.63. The molecule has 0 bridgehead atoms. The van der Waals surface area contributed by atoms with Crippen LogP contribution in [0.5, 0.6) is 11.5 Å². The second-order valence-electron chi connectivity index (χ2n) is 5.34. The van der Waals surface area contributed by atoms with Crippen molar-refractivity contribution in [1.29, 1.82) is 0 Å². The van der Waals surface area contributed by atoms with Crippen LogP contribution in [0.4, 0.5) is 0 Å². The van der Waals surface area contributed by atoms with Gasteiger partial charge in [0.1, 0.15) is 11.5 Å². The zero-order valence-corrected chi connectivity index (χ0v) is 13.9. The minimum atomic E-state index is 0.268. The molecule has 0 fully saturated rings. The highest BCUT2D eigenvalue weighted by Crippen LogP contribution is 2.31. The van der Waals surface area contributed by atoms with Crippen molar-refractivity contribution < 1.29 is 14.2 Å². The summed E-state index contributed by atoms with van der Waals surface area (Å²) in [6, 6.07) is 6.34. The maximum atomic E-state index is 5.38. The molecular formula is C17H29NO3. The summed E-state index contributed by atoms with van der Waals surface area (Å²) in [6.45, 7) is 6.18. The molecule has 0 amide bonds. The SMILES string of the molecule is CCCNC(c1cc(OC)cc(OC)c1)C(C)CCOC. The highest BCUT2D eigenvalue weighted by molar-refractivity contribution is 5.40. The smallest absolute Gasteiger partial charge is 0.122 e. The molecule has 0 saturated carbocycles. The van der Waals surface area contributed by atoms with E-state index in [4.69, 9.17) is 14.2 Å². The first kappa shape index (κ1) is 17.8. The van der Waals surface area contributed by atoms with Crippen molar-refractivity contribution in [2.24, 2.45) is 5.92 Å². The molecule has 21 heavy (non-hydrogen) atoms. The Morgan fingerprint density at radius 3 is 2.14 bits per heavy atom. The van der Waals surface area contributed by atoms with E-state index in [1.807, 2.05) is 6.07 Å². The average molecular weight is 295 g/mol. The van der Waals surface area contributed by atoms with Crippen LogP contribution in [0.2, 0.25) is 0 Å². The summed E-state index contributed by atoms with van der Waals surface area (Å²) in [5.41, 5.74) is 1.20. The topological polar surface area (TPSA) is 39.7 Å². The summed E-state index contributed by atoms with van der Waals surface area (Å²) in [7, 11) is 5.11. The van der Waals surface area contributed by atoms with E-state index < -0.39 is 0 Å². The van der Waals surface area contributed by atoms with E-state index >= 15 is 0 Å². The molecule has 0 aromatic heterocycles. The monoisotopic (exact) mass is 295 g/mol. The molecule has 4 nitrogen and oxygen atoms in total. The Hall–Kier alpha value is -1.26. The number of benzene rings is 1. The molecular weight excluding hydrogens is 266 g/mol. The number of hydrogen-bond acceptors (Lipinski definition) is 4. The Labute approximate surface area is 128 Å². The first-order chi connectivity index (χ1) is 10.2. The molecule has 0 heterocycles. The lowest BCUT2D eigenvalue weighted by molar-refractivity contribution is 0.170. The van der Waals surface area contributed by atoms with Crippen molar-refractivity contribution in [1.82, 2.24) is 5.32 Å². The van der Waals surface area contributed by atoms with E-state index in [9.17, 15) is 0 Å². The predicted octanol–water partition coefficient (Wildman–Crippen LogP) is 3.42. The third-order valence-electron chi connectivity index (χ3n) is 3.69. The number of hydrogen-bond donors (Lipinski definition) is 1. The number of methoxy groups -OCH3 is 3. The van der Waals surface area contributed by atoms with E-state index in [1.165, 1.54) is 5.56 Å². The van der Waals surface area contributed by atoms with E-state index in [0.717, 1.165) is 37.5 Å². The summed E-state index contributed by atoms with van der Waals surface area (Å²) in [6.07, 6.45) is 2.12. The van der Waals surface area contributed by atoms with Crippen LogP contribution >= 0.6 is 0 Å². The molecule has 120 valence electrons. The van der Waals surface area contributed by atoms with Crippen LogP contribution in [0.1, 0.15) is 38.3 Å². The number of rotatable bonds is 10. The zero-order chi connectivity index (χ0) is 15.7. The standard InChI is InChI=1S/C17H29NO3/c1-6-8-18-17(13(2)7-9-19-3)14-10-15(20-4)12-16(11-14)21-5/h10-13,17-18H,6-9H2,1-5H3. The van der Waals surface area contributed by atoms with Crippen LogP contribution in [0.3, 0.4) is 0 Å². The van der Waals surface area contributed by atoms with Crippen molar-refractivity contribution in [3.05, 3.63) is 23.8 Å². The van der Waals surface area contributed by atoms with Gasteiger partial charge in [0, 0.05) is 25.8 Å². The van der Waals surface area contributed by atoms with Gasteiger partial charge >= 0.3 is 0 Å². The molecule has 0 radical (unpaired) electrons. The molecule has 1 N–H and O–H groups in total. The van der Waals surface area contributed by atoms with Gasteiger partial charge in [0.05, 0.1) is 14.2 Å². The van der Waals surface area contributed by atoms with Gasteiger partial charge in [0.2, 0.25) is 0 Å².